The molecule has 0 fully saturated rings. The highest BCUT2D eigenvalue weighted by Gasteiger charge is 2.31. The highest BCUT2D eigenvalue weighted by molar-refractivity contribution is 7.15. The van der Waals surface area contributed by atoms with E-state index in [0.717, 1.165) is 17.0 Å². The Morgan fingerprint density at radius 1 is 1.14 bits per heavy atom. The van der Waals surface area contributed by atoms with Crippen molar-refractivity contribution in [3.05, 3.63) is 75.2 Å². The summed E-state index contributed by atoms with van der Waals surface area (Å²) >= 11 is 7.01. The average molecular weight is 427 g/mol. The van der Waals surface area contributed by atoms with E-state index in [1.807, 2.05) is 0 Å². The summed E-state index contributed by atoms with van der Waals surface area (Å²) in [5, 5.41) is 2.96. The van der Waals surface area contributed by atoms with Crippen LogP contribution in [0.1, 0.15) is 20.8 Å². The number of hydrogen-bond acceptors (Lipinski definition) is 5. The number of nitrogens with zero attached hydrogens (tertiary/aromatic N) is 1. The Bertz CT molecular complexity index is 963. The first-order valence-electron chi connectivity index (χ1n) is 7.99. The number of hydrazine groups is 1. The third kappa shape index (κ3) is 5.14. The van der Waals surface area contributed by atoms with E-state index >= 15 is 0 Å². The molecule has 0 radical (unpaired) electrons. The first-order valence-corrected chi connectivity index (χ1v) is 9.19. The summed E-state index contributed by atoms with van der Waals surface area (Å²) in [6.45, 7) is 0.266. The van der Waals surface area contributed by atoms with Gasteiger partial charge in [-0.05, 0) is 30.3 Å². The van der Waals surface area contributed by atoms with E-state index in [9.17, 15) is 18.0 Å². The number of nitrogens with one attached hydrogen (secondary N) is 3. The van der Waals surface area contributed by atoms with Crippen LogP contribution in [-0.2, 0) is 12.7 Å². The van der Waals surface area contributed by atoms with E-state index in [-0.39, 0.29) is 17.8 Å². The molecule has 10 heteroatoms. The lowest BCUT2D eigenvalue weighted by atomic mass is 10.1. The van der Waals surface area contributed by atoms with Crippen LogP contribution in [0, 0.1) is 0 Å². The first kappa shape index (κ1) is 20.0. The molecule has 28 heavy (non-hydrogen) atoms. The van der Waals surface area contributed by atoms with Crippen molar-refractivity contribution in [2.75, 3.05) is 10.7 Å². The van der Waals surface area contributed by atoms with E-state index < -0.39 is 17.6 Å². The smallest absolute Gasteiger partial charge is 0.379 e. The summed E-state index contributed by atoms with van der Waals surface area (Å²) in [5.74, 6) is -0.709. The average Bonchev–Trinajstić information content (AvgIpc) is 3.09. The van der Waals surface area contributed by atoms with Gasteiger partial charge in [-0.1, -0.05) is 29.8 Å². The van der Waals surface area contributed by atoms with Gasteiger partial charge in [-0.2, -0.15) is 13.2 Å². The lowest BCUT2D eigenvalue weighted by Crippen LogP contribution is -2.30. The van der Waals surface area contributed by atoms with Crippen LogP contribution in [0.2, 0.25) is 4.47 Å². The second kappa shape index (κ2) is 8.49. The monoisotopic (exact) mass is 426 g/mol. The first-order chi connectivity index (χ1) is 13.3. The summed E-state index contributed by atoms with van der Waals surface area (Å²) < 4.78 is 39.6. The molecule has 1 heterocycles. The molecule has 2 aromatic carbocycles. The molecule has 0 spiro atoms. The van der Waals surface area contributed by atoms with Gasteiger partial charge in [0, 0.05) is 16.8 Å². The van der Waals surface area contributed by atoms with Crippen molar-refractivity contribution in [3.63, 3.8) is 0 Å². The van der Waals surface area contributed by atoms with Gasteiger partial charge in [-0.25, -0.2) is 4.98 Å². The molecule has 0 unspecified atom stereocenters. The summed E-state index contributed by atoms with van der Waals surface area (Å²) in [7, 11) is 0. The zero-order valence-electron chi connectivity index (χ0n) is 14.2. The Morgan fingerprint density at radius 2 is 1.89 bits per heavy atom. The van der Waals surface area contributed by atoms with Gasteiger partial charge in [0.2, 0.25) is 0 Å². The Morgan fingerprint density at radius 3 is 2.54 bits per heavy atom. The molecule has 3 N–H and O–H groups in total. The number of para-hydroxylation sites is 1. The molecule has 0 saturated carbocycles. The molecule has 0 aliphatic rings. The fraction of sp³-hybridized carbons (Fsp3) is 0.111. The van der Waals surface area contributed by atoms with Crippen LogP contribution in [0.4, 0.5) is 24.5 Å². The molecule has 146 valence electrons. The van der Waals surface area contributed by atoms with Gasteiger partial charge in [0.1, 0.15) is 0 Å². The van der Waals surface area contributed by atoms with Crippen molar-refractivity contribution in [3.8, 4) is 0 Å². The highest BCUT2D eigenvalue weighted by Crippen LogP contribution is 2.32. The normalized spacial score (nSPS) is 11.1. The SMILES string of the molecule is O=C(NNc1ccccc1)c1cc(C(F)(F)F)ccc1NCc1cnc(Cl)s1. The van der Waals surface area contributed by atoms with Crippen molar-refractivity contribution in [2.24, 2.45) is 0 Å². The van der Waals surface area contributed by atoms with Crippen LogP contribution in [0.25, 0.3) is 0 Å². The van der Waals surface area contributed by atoms with Gasteiger partial charge in [0.25, 0.3) is 5.91 Å². The van der Waals surface area contributed by atoms with Crippen LogP contribution in [0.15, 0.2) is 54.7 Å². The second-order valence-corrected chi connectivity index (χ2v) is 7.33. The number of rotatable bonds is 6. The molecular formula is C18H14ClF3N4OS. The minimum absolute atomic E-state index is 0.145. The van der Waals surface area contributed by atoms with Crippen LogP contribution >= 0.6 is 22.9 Å². The maximum atomic E-state index is 13.1. The summed E-state index contributed by atoms with van der Waals surface area (Å²) in [5.41, 5.74) is 4.87. The maximum Gasteiger partial charge on any atom is 0.416 e. The molecule has 5 nitrogen and oxygen atoms in total. The molecule has 0 saturated heterocycles. The van der Waals surface area contributed by atoms with Gasteiger partial charge >= 0.3 is 6.18 Å². The quantitative estimate of drug-likeness (QED) is 0.475. The maximum absolute atomic E-state index is 13.1. The van der Waals surface area contributed by atoms with Crippen molar-refractivity contribution in [2.45, 2.75) is 12.7 Å². The lowest BCUT2D eigenvalue weighted by molar-refractivity contribution is -0.137. The number of alkyl halides is 3. The van der Waals surface area contributed by atoms with Crippen LogP contribution in [-0.4, -0.2) is 10.9 Å². The number of aromatic nitrogens is 1. The molecule has 0 atom stereocenters. The number of hydrogen-bond donors (Lipinski definition) is 3. The summed E-state index contributed by atoms with van der Waals surface area (Å²) in [6.07, 6.45) is -3.01. The Labute approximate surface area is 167 Å². The molecule has 0 aliphatic carbocycles. The third-order valence-corrected chi connectivity index (χ3v) is 4.78. The zero-order chi connectivity index (χ0) is 20.1. The number of benzene rings is 2. The Balaban J connectivity index is 1.81. The molecule has 3 aromatic rings. The van der Waals surface area contributed by atoms with E-state index in [1.165, 1.54) is 17.4 Å². The minimum Gasteiger partial charge on any atom is -0.379 e. The van der Waals surface area contributed by atoms with E-state index in [0.29, 0.717) is 10.2 Å². The van der Waals surface area contributed by atoms with Crippen LogP contribution in [0.5, 0.6) is 0 Å². The molecule has 0 bridgehead atoms. The summed E-state index contributed by atoms with van der Waals surface area (Å²) in [6, 6.07) is 11.7. The van der Waals surface area contributed by atoms with Crippen molar-refractivity contribution >= 4 is 40.2 Å². The topological polar surface area (TPSA) is 66.1 Å². The van der Waals surface area contributed by atoms with Crippen molar-refractivity contribution in [1.82, 2.24) is 10.4 Å². The van der Waals surface area contributed by atoms with Gasteiger partial charge in [-0.3, -0.25) is 15.6 Å². The molecule has 3 rings (SSSR count). The number of carbonyl (C=O) groups is 1. The number of anilines is 2. The van der Waals surface area contributed by atoms with Gasteiger partial charge in [0.05, 0.1) is 23.4 Å². The van der Waals surface area contributed by atoms with Gasteiger partial charge < -0.3 is 5.32 Å². The Hall–Kier alpha value is -2.78. The predicted octanol–water partition coefficient (Wildman–Crippen LogP) is 5.18. The van der Waals surface area contributed by atoms with Crippen molar-refractivity contribution < 1.29 is 18.0 Å². The fourth-order valence-corrected chi connectivity index (χ4v) is 3.25. The number of halogens is 4. The van der Waals surface area contributed by atoms with E-state index in [2.05, 4.69) is 21.2 Å². The Kier molecular flexibility index (Phi) is 6.05. The van der Waals surface area contributed by atoms with E-state index in [1.54, 1.807) is 36.5 Å². The highest BCUT2D eigenvalue weighted by atomic mass is 35.5. The molecule has 1 aromatic heterocycles. The fourth-order valence-electron chi connectivity index (χ4n) is 2.33. The summed E-state index contributed by atoms with van der Waals surface area (Å²) in [4.78, 5) is 17.2. The number of amides is 1. The van der Waals surface area contributed by atoms with Crippen LogP contribution in [0.3, 0.4) is 0 Å². The minimum atomic E-state index is -4.56. The van der Waals surface area contributed by atoms with E-state index in [4.69, 9.17) is 11.6 Å². The molecular weight excluding hydrogens is 413 g/mol. The molecule has 0 aliphatic heterocycles. The largest absolute Gasteiger partial charge is 0.416 e. The lowest BCUT2D eigenvalue weighted by Gasteiger charge is -2.15. The zero-order valence-corrected chi connectivity index (χ0v) is 15.8. The number of carbonyl (C=O) groups excluding carboxylic acids is 1. The second-order valence-electron chi connectivity index (χ2n) is 5.64. The third-order valence-electron chi connectivity index (χ3n) is 3.66. The predicted molar refractivity (Wildman–Crippen MR) is 103 cm³/mol. The number of thiazole rings is 1. The van der Waals surface area contributed by atoms with Gasteiger partial charge in [-0.15, -0.1) is 11.3 Å². The standard InChI is InChI=1S/C18H14ClF3N4OS/c19-17-24-10-13(28-17)9-23-15-7-6-11(18(20,21)22)8-14(15)16(27)26-25-12-4-2-1-3-5-12/h1-8,10,23,25H,9H2,(H,26,27). The van der Waals surface area contributed by atoms with Crippen molar-refractivity contribution in [1.29, 1.82) is 0 Å². The van der Waals surface area contributed by atoms with Gasteiger partial charge in [0.15, 0.2) is 4.47 Å². The molecule has 1 amide bonds. The van der Waals surface area contributed by atoms with Crippen LogP contribution < -0.4 is 16.2 Å².